The van der Waals surface area contributed by atoms with Crippen LogP contribution >= 0.6 is 22.9 Å². The van der Waals surface area contributed by atoms with Gasteiger partial charge in [-0.1, -0.05) is 90.2 Å². The molecule has 22 heavy (non-hydrogen) atoms. The second-order valence-electron chi connectivity index (χ2n) is 7.02. The van der Waals surface area contributed by atoms with Crippen LogP contribution in [0.4, 0.5) is 0 Å². The molecule has 0 radical (unpaired) electrons. The van der Waals surface area contributed by atoms with Gasteiger partial charge in [-0.05, 0) is 18.3 Å². The summed E-state index contributed by atoms with van der Waals surface area (Å²) in [7, 11) is 0. The Morgan fingerprint density at radius 1 is 0.955 bits per heavy atom. The van der Waals surface area contributed by atoms with Gasteiger partial charge in [0.05, 0.1) is 11.2 Å². The molecule has 0 spiro atoms. The van der Waals surface area contributed by atoms with E-state index >= 15 is 0 Å². The Bertz CT molecular complexity index is 391. The third-order valence-corrected chi connectivity index (χ3v) is 5.74. The summed E-state index contributed by atoms with van der Waals surface area (Å²) in [5.74, 6) is 0. The molecule has 0 aliphatic heterocycles. The van der Waals surface area contributed by atoms with Gasteiger partial charge < -0.3 is 0 Å². The van der Waals surface area contributed by atoms with Gasteiger partial charge in [0.2, 0.25) is 0 Å². The number of thiazole rings is 1. The molecule has 0 aliphatic rings. The smallest absolute Gasteiger partial charge is 0.113 e. The summed E-state index contributed by atoms with van der Waals surface area (Å²) in [6.45, 7) is 7.03. The molecule has 0 amide bonds. The van der Waals surface area contributed by atoms with Gasteiger partial charge >= 0.3 is 0 Å². The van der Waals surface area contributed by atoms with Crippen molar-refractivity contribution < 1.29 is 0 Å². The lowest BCUT2D eigenvalue weighted by molar-refractivity contribution is 0.248. The Morgan fingerprint density at radius 2 is 1.50 bits per heavy atom. The third kappa shape index (κ3) is 8.53. The standard InChI is InChI=1S/C19H34ClNS/c1-4-6-8-10-12-14-19(3,13-11-9-7-5-2)15-18-21-16-17(20)22-18/h16H,4-15H2,1-3H3. The molecule has 0 fully saturated rings. The molecule has 0 saturated carbocycles. The lowest BCUT2D eigenvalue weighted by Gasteiger charge is -2.29. The van der Waals surface area contributed by atoms with Crippen LogP contribution in [0.3, 0.4) is 0 Å². The van der Waals surface area contributed by atoms with Gasteiger partial charge in [0.25, 0.3) is 0 Å². The van der Waals surface area contributed by atoms with Crippen molar-refractivity contribution in [1.82, 2.24) is 4.98 Å². The first-order valence-corrected chi connectivity index (χ1v) is 10.4. The number of nitrogens with zero attached hydrogens (tertiary/aromatic N) is 1. The van der Waals surface area contributed by atoms with Crippen molar-refractivity contribution in [3.8, 4) is 0 Å². The number of hydrogen-bond donors (Lipinski definition) is 0. The first-order chi connectivity index (χ1) is 10.6. The molecule has 0 aromatic carbocycles. The molecule has 0 N–H and O–H groups in total. The molecule has 1 atom stereocenters. The Morgan fingerprint density at radius 3 is 2.00 bits per heavy atom. The molecule has 1 heterocycles. The van der Waals surface area contributed by atoms with Crippen LogP contribution in [-0.2, 0) is 6.42 Å². The van der Waals surface area contributed by atoms with E-state index in [9.17, 15) is 0 Å². The van der Waals surface area contributed by atoms with Gasteiger partial charge in [0.1, 0.15) is 4.34 Å². The van der Waals surface area contributed by atoms with E-state index in [1.54, 1.807) is 17.5 Å². The summed E-state index contributed by atoms with van der Waals surface area (Å²) in [5.41, 5.74) is 0.404. The van der Waals surface area contributed by atoms with Crippen LogP contribution in [0.1, 0.15) is 96.4 Å². The van der Waals surface area contributed by atoms with E-state index in [0.29, 0.717) is 5.41 Å². The minimum atomic E-state index is 0.404. The van der Waals surface area contributed by atoms with Gasteiger partial charge in [-0.25, -0.2) is 4.98 Å². The zero-order chi connectivity index (χ0) is 16.3. The number of aromatic nitrogens is 1. The second-order valence-corrected chi connectivity index (χ2v) is 8.77. The normalized spacial score (nSPS) is 14.2. The van der Waals surface area contributed by atoms with Gasteiger partial charge in [-0.2, -0.15) is 0 Å². The van der Waals surface area contributed by atoms with Crippen molar-refractivity contribution in [3.05, 3.63) is 15.5 Å². The van der Waals surface area contributed by atoms with Crippen molar-refractivity contribution in [2.75, 3.05) is 0 Å². The molecule has 3 heteroatoms. The lowest BCUT2D eigenvalue weighted by Crippen LogP contribution is -2.20. The fourth-order valence-electron chi connectivity index (χ4n) is 3.17. The van der Waals surface area contributed by atoms with Crippen LogP contribution in [0.5, 0.6) is 0 Å². The van der Waals surface area contributed by atoms with E-state index < -0.39 is 0 Å². The van der Waals surface area contributed by atoms with Crippen molar-refractivity contribution in [2.45, 2.75) is 97.8 Å². The van der Waals surface area contributed by atoms with Crippen LogP contribution in [0, 0.1) is 5.41 Å². The molecule has 0 saturated heterocycles. The Labute approximate surface area is 146 Å². The van der Waals surface area contributed by atoms with Crippen LogP contribution in [0.2, 0.25) is 4.34 Å². The highest BCUT2D eigenvalue weighted by Gasteiger charge is 2.25. The van der Waals surface area contributed by atoms with Crippen molar-refractivity contribution in [1.29, 1.82) is 0 Å². The molecule has 1 aromatic rings. The maximum Gasteiger partial charge on any atom is 0.113 e. The molecule has 1 aromatic heterocycles. The predicted molar refractivity (Wildman–Crippen MR) is 101 cm³/mol. The zero-order valence-electron chi connectivity index (χ0n) is 14.8. The second kappa shape index (κ2) is 11.5. The molecular weight excluding hydrogens is 310 g/mol. The SMILES string of the molecule is CCCCCCCC(C)(CCCCCC)Cc1ncc(Cl)s1. The Hall–Kier alpha value is -0.0800. The molecule has 0 aliphatic carbocycles. The number of rotatable bonds is 13. The molecular formula is C19H34ClNS. The van der Waals surface area contributed by atoms with E-state index in [4.69, 9.17) is 11.6 Å². The third-order valence-electron chi connectivity index (χ3n) is 4.62. The number of halogens is 1. The monoisotopic (exact) mass is 343 g/mol. The highest BCUT2D eigenvalue weighted by atomic mass is 35.5. The Kier molecular flexibility index (Phi) is 10.4. The average molecular weight is 344 g/mol. The van der Waals surface area contributed by atoms with Crippen LogP contribution in [0.25, 0.3) is 0 Å². The van der Waals surface area contributed by atoms with Gasteiger partial charge in [-0.3, -0.25) is 0 Å². The van der Waals surface area contributed by atoms with E-state index in [1.165, 1.54) is 75.6 Å². The predicted octanol–water partition coefficient (Wildman–Crippen LogP) is 7.68. The molecule has 1 nitrogen and oxygen atoms in total. The van der Waals surface area contributed by atoms with Crippen molar-refractivity contribution >= 4 is 22.9 Å². The van der Waals surface area contributed by atoms with E-state index in [-0.39, 0.29) is 0 Å². The summed E-state index contributed by atoms with van der Waals surface area (Å²) in [6, 6.07) is 0. The molecule has 0 bridgehead atoms. The molecule has 1 rings (SSSR count). The molecule has 128 valence electrons. The van der Waals surface area contributed by atoms with Gasteiger partial charge in [0.15, 0.2) is 0 Å². The number of hydrogen-bond acceptors (Lipinski definition) is 2. The van der Waals surface area contributed by atoms with Crippen LogP contribution < -0.4 is 0 Å². The first kappa shape index (κ1) is 20.0. The van der Waals surface area contributed by atoms with Crippen LogP contribution in [-0.4, -0.2) is 4.98 Å². The Balaban J connectivity index is 2.46. The van der Waals surface area contributed by atoms with Gasteiger partial charge in [0, 0.05) is 6.42 Å². The van der Waals surface area contributed by atoms with E-state index in [0.717, 1.165) is 10.8 Å². The largest absolute Gasteiger partial charge is 0.248 e. The van der Waals surface area contributed by atoms with Crippen LogP contribution in [0.15, 0.2) is 6.20 Å². The summed E-state index contributed by atoms with van der Waals surface area (Å²) in [6.07, 6.45) is 17.8. The highest BCUT2D eigenvalue weighted by Crippen LogP contribution is 2.36. The summed E-state index contributed by atoms with van der Waals surface area (Å²) in [5, 5.41) is 1.22. The maximum absolute atomic E-state index is 6.05. The van der Waals surface area contributed by atoms with E-state index in [2.05, 4.69) is 25.8 Å². The highest BCUT2D eigenvalue weighted by molar-refractivity contribution is 7.15. The van der Waals surface area contributed by atoms with Gasteiger partial charge in [-0.15, -0.1) is 11.3 Å². The fraction of sp³-hybridized carbons (Fsp3) is 0.842. The van der Waals surface area contributed by atoms with E-state index in [1.807, 2.05) is 0 Å². The first-order valence-electron chi connectivity index (χ1n) is 9.20. The van der Waals surface area contributed by atoms with Crippen molar-refractivity contribution in [3.63, 3.8) is 0 Å². The minimum Gasteiger partial charge on any atom is -0.248 e. The topological polar surface area (TPSA) is 12.9 Å². The number of unbranched alkanes of at least 4 members (excludes halogenated alkanes) is 7. The maximum atomic E-state index is 6.05. The summed E-state index contributed by atoms with van der Waals surface area (Å²) < 4.78 is 0.825. The molecule has 1 unspecified atom stereocenters. The zero-order valence-corrected chi connectivity index (χ0v) is 16.4. The average Bonchev–Trinajstić information content (AvgIpc) is 2.88. The fourth-order valence-corrected chi connectivity index (χ4v) is 4.34. The summed E-state index contributed by atoms with van der Waals surface area (Å²) >= 11 is 7.71. The quantitative estimate of drug-likeness (QED) is 0.335. The minimum absolute atomic E-state index is 0.404. The lowest BCUT2D eigenvalue weighted by atomic mass is 9.77. The van der Waals surface area contributed by atoms with Crippen molar-refractivity contribution in [2.24, 2.45) is 5.41 Å². The summed E-state index contributed by atoms with van der Waals surface area (Å²) in [4.78, 5) is 4.49.